The molecule has 1 aromatic carbocycles. The summed E-state index contributed by atoms with van der Waals surface area (Å²) in [6.07, 6.45) is -4.46. The maximum atomic E-state index is 12.3. The van der Waals surface area contributed by atoms with E-state index in [1.165, 1.54) is 31.2 Å². The molecule has 3 N–H and O–H groups in total. The highest BCUT2D eigenvalue weighted by molar-refractivity contribution is 5.88. The van der Waals surface area contributed by atoms with E-state index < -0.39 is 12.2 Å². The zero-order valence-electron chi connectivity index (χ0n) is 8.51. The fraction of sp³-hybridized carbons (Fsp3) is 0.300. The first-order chi connectivity index (χ1) is 7.30. The van der Waals surface area contributed by atoms with Crippen LogP contribution in [-0.2, 0) is 4.79 Å². The molecule has 0 saturated heterocycles. The van der Waals surface area contributed by atoms with E-state index >= 15 is 0 Å². The summed E-state index contributed by atoms with van der Waals surface area (Å²) in [6, 6.07) is 3.23. The van der Waals surface area contributed by atoms with Gasteiger partial charge in [-0.2, -0.15) is 13.2 Å². The van der Waals surface area contributed by atoms with Gasteiger partial charge in [0.1, 0.15) is 6.04 Å². The number of alkyl halides is 3. The number of rotatable bonds is 2. The summed E-state index contributed by atoms with van der Waals surface area (Å²) in [7, 11) is 0. The first kappa shape index (κ1) is 12.5. The largest absolute Gasteiger partial charge is 0.407 e. The molecule has 0 aliphatic rings. The van der Waals surface area contributed by atoms with Gasteiger partial charge >= 0.3 is 6.18 Å². The molecule has 1 atom stereocenters. The average molecular weight is 232 g/mol. The summed E-state index contributed by atoms with van der Waals surface area (Å²) < 4.78 is 36.8. The van der Waals surface area contributed by atoms with Gasteiger partial charge in [-0.3, -0.25) is 4.79 Å². The van der Waals surface area contributed by atoms with Crippen molar-refractivity contribution < 1.29 is 18.0 Å². The van der Waals surface area contributed by atoms with Crippen LogP contribution in [0.1, 0.15) is 18.5 Å². The molecular weight excluding hydrogens is 221 g/mol. The summed E-state index contributed by atoms with van der Waals surface area (Å²) in [5.41, 5.74) is 5.41. The second kappa shape index (κ2) is 4.52. The Balaban J connectivity index is 2.83. The lowest BCUT2D eigenvalue weighted by molar-refractivity contribution is -0.149. The predicted molar refractivity (Wildman–Crippen MR) is 53.7 cm³/mol. The third-order valence-electron chi connectivity index (χ3n) is 1.94. The quantitative estimate of drug-likeness (QED) is 0.821. The van der Waals surface area contributed by atoms with E-state index in [-0.39, 0.29) is 11.5 Å². The molecule has 0 aliphatic heterocycles. The Bertz CT molecular complexity index is 373. The molecule has 0 heterocycles. The van der Waals surface area contributed by atoms with Gasteiger partial charge in [0, 0.05) is 12.6 Å². The summed E-state index contributed by atoms with van der Waals surface area (Å²) in [5.74, 6) is -0.284. The van der Waals surface area contributed by atoms with E-state index in [0.29, 0.717) is 5.69 Å². The Morgan fingerprint density at radius 3 is 2.19 bits per heavy atom. The van der Waals surface area contributed by atoms with Gasteiger partial charge in [0.2, 0.25) is 5.91 Å². The molecule has 0 fully saturated rings. The van der Waals surface area contributed by atoms with Gasteiger partial charge in [-0.1, -0.05) is 12.1 Å². The van der Waals surface area contributed by atoms with E-state index in [0.717, 1.165) is 0 Å². The number of amides is 1. The average Bonchev–Trinajstić information content (AvgIpc) is 2.15. The van der Waals surface area contributed by atoms with E-state index in [2.05, 4.69) is 5.32 Å². The van der Waals surface area contributed by atoms with Crippen LogP contribution in [0.5, 0.6) is 0 Å². The summed E-state index contributed by atoms with van der Waals surface area (Å²) in [4.78, 5) is 10.7. The van der Waals surface area contributed by atoms with E-state index in [9.17, 15) is 18.0 Å². The van der Waals surface area contributed by atoms with Crippen LogP contribution in [0.25, 0.3) is 0 Å². The van der Waals surface area contributed by atoms with Crippen LogP contribution < -0.4 is 11.1 Å². The lowest BCUT2D eigenvalue weighted by Gasteiger charge is -2.16. The summed E-state index contributed by atoms with van der Waals surface area (Å²) >= 11 is 0. The van der Waals surface area contributed by atoms with E-state index in [4.69, 9.17) is 5.73 Å². The second-order valence-electron chi connectivity index (χ2n) is 3.32. The van der Waals surface area contributed by atoms with Crippen LogP contribution in [0.15, 0.2) is 24.3 Å². The number of halogens is 3. The summed E-state index contributed by atoms with van der Waals surface area (Å²) in [5, 5.41) is 2.45. The maximum absolute atomic E-state index is 12.3. The van der Waals surface area contributed by atoms with Crippen molar-refractivity contribution in [2.24, 2.45) is 5.73 Å². The zero-order chi connectivity index (χ0) is 12.3. The lowest BCUT2D eigenvalue weighted by Crippen LogP contribution is -2.28. The molecule has 6 heteroatoms. The minimum absolute atomic E-state index is 0.0402. The molecule has 3 nitrogen and oxygen atoms in total. The lowest BCUT2D eigenvalue weighted by atomic mass is 10.1. The minimum atomic E-state index is -4.46. The van der Waals surface area contributed by atoms with Crippen molar-refractivity contribution >= 4 is 11.6 Å². The van der Waals surface area contributed by atoms with Gasteiger partial charge in [-0.25, -0.2) is 0 Å². The van der Waals surface area contributed by atoms with Gasteiger partial charge in [0.05, 0.1) is 0 Å². The van der Waals surface area contributed by atoms with Gasteiger partial charge < -0.3 is 11.1 Å². The van der Waals surface area contributed by atoms with Crippen LogP contribution in [0.4, 0.5) is 18.9 Å². The second-order valence-corrected chi connectivity index (χ2v) is 3.32. The Morgan fingerprint density at radius 2 is 1.81 bits per heavy atom. The van der Waals surface area contributed by atoms with Crippen molar-refractivity contribution in [2.75, 3.05) is 5.32 Å². The fourth-order valence-corrected chi connectivity index (χ4v) is 1.17. The normalized spacial score (nSPS) is 13.3. The summed E-state index contributed by atoms with van der Waals surface area (Å²) in [6.45, 7) is 1.31. The molecule has 1 aromatic rings. The molecule has 1 rings (SSSR count). The van der Waals surface area contributed by atoms with Crippen molar-refractivity contribution in [3.8, 4) is 0 Å². The van der Waals surface area contributed by atoms with Crippen LogP contribution in [0.2, 0.25) is 0 Å². The third kappa shape index (κ3) is 3.23. The molecule has 0 aliphatic carbocycles. The van der Waals surface area contributed by atoms with Crippen molar-refractivity contribution in [2.45, 2.75) is 19.1 Å². The van der Waals surface area contributed by atoms with Gasteiger partial charge in [0.15, 0.2) is 0 Å². The van der Waals surface area contributed by atoms with Crippen LogP contribution >= 0.6 is 0 Å². The first-order valence-electron chi connectivity index (χ1n) is 4.50. The highest BCUT2D eigenvalue weighted by atomic mass is 19.4. The Hall–Kier alpha value is -1.56. The maximum Gasteiger partial charge on any atom is 0.407 e. The molecule has 0 spiro atoms. The SMILES string of the molecule is CC(=O)Nc1ccc([C@@H](N)C(F)(F)F)cc1. The first-order valence-corrected chi connectivity index (χ1v) is 4.50. The van der Waals surface area contributed by atoms with Crippen LogP contribution in [0.3, 0.4) is 0 Å². The highest BCUT2D eigenvalue weighted by Gasteiger charge is 2.37. The van der Waals surface area contributed by atoms with E-state index in [1.807, 2.05) is 0 Å². The number of nitrogens with two attached hydrogens (primary N) is 1. The Labute approximate surface area is 90.4 Å². The van der Waals surface area contributed by atoms with Crippen LogP contribution in [0, 0.1) is 0 Å². The number of benzene rings is 1. The van der Waals surface area contributed by atoms with Crippen molar-refractivity contribution in [1.82, 2.24) is 0 Å². The zero-order valence-corrected chi connectivity index (χ0v) is 8.51. The Kier molecular flexibility index (Phi) is 3.54. The van der Waals surface area contributed by atoms with Crippen molar-refractivity contribution in [3.05, 3.63) is 29.8 Å². The molecule has 16 heavy (non-hydrogen) atoms. The molecule has 88 valence electrons. The van der Waals surface area contributed by atoms with Gasteiger partial charge in [0.25, 0.3) is 0 Å². The molecular formula is C10H11F3N2O. The van der Waals surface area contributed by atoms with Gasteiger partial charge in [-0.05, 0) is 17.7 Å². The monoisotopic (exact) mass is 232 g/mol. The molecule has 0 unspecified atom stereocenters. The van der Waals surface area contributed by atoms with Crippen molar-refractivity contribution in [3.63, 3.8) is 0 Å². The standard InChI is InChI=1S/C10H11F3N2O/c1-6(16)15-8-4-2-7(3-5-8)9(14)10(11,12)13/h2-5,9H,14H2,1H3,(H,15,16)/t9-/m1/s1. The number of hydrogen-bond donors (Lipinski definition) is 2. The molecule has 0 aromatic heterocycles. The number of nitrogens with one attached hydrogen (secondary N) is 1. The number of carbonyl (C=O) groups excluding carboxylic acids is 1. The number of anilines is 1. The Morgan fingerprint density at radius 1 is 1.31 bits per heavy atom. The van der Waals surface area contributed by atoms with Crippen LogP contribution in [-0.4, -0.2) is 12.1 Å². The predicted octanol–water partition coefficient (Wildman–Crippen LogP) is 2.21. The van der Waals surface area contributed by atoms with Gasteiger partial charge in [-0.15, -0.1) is 0 Å². The third-order valence-corrected chi connectivity index (χ3v) is 1.94. The molecule has 0 bridgehead atoms. The number of carbonyl (C=O) groups is 1. The highest BCUT2D eigenvalue weighted by Crippen LogP contribution is 2.30. The molecule has 0 saturated carbocycles. The fourth-order valence-electron chi connectivity index (χ4n) is 1.17. The minimum Gasteiger partial charge on any atom is -0.326 e. The smallest absolute Gasteiger partial charge is 0.326 e. The van der Waals surface area contributed by atoms with Crippen molar-refractivity contribution in [1.29, 1.82) is 0 Å². The molecule has 1 amide bonds. The number of hydrogen-bond acceptors (Lipinski definition) is 2. The topological polar surface area (TPSA) is 55.1 Å². The molecule has 0 radical (unpaired) electrons. The van der Waals surface area contributed by atoms with E-state index in [1.54, 1.807) is 0 Å².